The van der Waals surface area contributed by atoms with Crippen LogP contribution in [0.4, 0.5) is 9.18 Å². The standard InChI is InChI=1S/C20H20FN5O3/c1-2-29-20(28)25-11-9-24(10-12-25)19(27)16-13-26-8-7-22-17(18(26)23-16)14-3-5-15(21)6-4-14/h3-8,13H,2,9-12H2,1H3. The van der Waals surface area contributed by atoms with E-state index in [1.54, 1.807) is 51.8 Å². The molecule has 8 nitrogen and oxygen atoms in total. The van der Waals surface area contributed by atoms with Crippen LogP contribution in [0.25, 0.3) is 16.9 Å². The monoisotopic (exact) mass is 397 g/mol. The highest BCUT2D eigenvalue weighted by atomic mass is 19.1. The second kappa shape index (κ2) is 7.86. The molecule has 1 saturated heterocycles. The zero-order chi connectivity index (χ0) is 20.4. The summed E-state index contributed by atoms with van der Waals surface area (Å²) in [7, 11) is 0. The highest BCUT2D eigenvalue weighted by Crippen LogP contribution is 2.22. The van der Waals surface area contributed by atoms with E-state index in [1.165, 1.54) is 12.1 Å². The molecule has 4 rings (SSSR count). The Labute approximate surface area is 166 Å². The van der Waals surface area contributed by atoms with Crippen molar-refractivity contribution in [1.29, 1.82) is 0 Å². The second-order valence-electron chi connectivity index (χ2n) is 6.62. The van der Waals surface area contributed by atoms with Gasteiger partial charge in [-0.1, -0.05) is 0 Å². The molecule has 2 aromatic heterocycles. The number of piperazine rings is 1. The van der Waals surface area contributed by atoms with Crippen LogP contribution < -0.4 is 0 Å². The molecule has 9 heteroatoms. The van der Waals surface area contributed by atoms with Gasteiger partial charge >= 0.3 is 6.09 Å². The summed E-state index contributed by atoms with van der Waals surface area (Å²) in [5.41, 5.74) is 2.10. The molecule has 29 heavy (non-hydrogen) atoms. The van der Waals surface area contributed by atoms with Gasteiger partial charge in [0.2, 0.25) is 0 Å². The number of fused-ring (bicyclic) bond motifs is 1. The predicted octanol–water partition coefficient (Wildman–Crippen LogP) is 2.45. The van der Waals surface area contributed by atoms with E-state index in [2.05, 4.69) is 9.97 Å². The SMILES string of the molecule is CCOC(=O)N1CCN(C(=O)c2cn3ccnc(-c4ccc(F)cc4)c3n2)CC1. The van der Waals surface area contributed by atoms with Crippen molar-refractivity contribution in [3.63, 3.8) is 0 Å². The van der Waals surface area contributed by atoms with Crippen LogP contribution in [0.15, 0.2) is 42.9 Å². The van der Waals surface area contributed by atoms with Gasteiger partial charge in [0.25, 0.3) is 5.91 Å². The molecule has 0 atom stereocenters. The van der Waals surface area contributed by atoms with Crippen LogP contribution in [0, 0.1) is 5.82 Å². The zero-order valence-corrected chi connectivity index (χ0v) is 15.9. The van der Waals surface area contributed by atoms with Crippen molar-refractivity contribution in [3.05, 3.63) is 54.4 Å². The van der Waals surface area contributed by atoms with Crippen molar-refractivity contribution in [2.75, 3.05) is 32.8 Å². The van der Waals surface area contributed by atoms with Crippen molar-refractivity contribution in [3.8, 4) is 11.3 Å². The molecule has 1 aliphatic rings. The molecule has 3 aromatic rings. The summed E-state index contributed by atoms with van der Waals surface area (Å²) in [5, 5.41) is 0. The molecule has 0 bridgehead atoms. The van der Waals surface area contributed by atoms with E-state index in [1.807, 2.05) is 0 Å². The number of rotatable bonds is 3. The van der Waals surface area contributed by atoms with Gasteiger partial charge in [-0.2, -0.15) is 0 Å². The molecule has 1 aromatic carbocycles. The van der Waals surface area contributed by atoms with Crippen molar-refractivity contribution >= 4 is 17.6 Å². The van der Waals surface area contributed by atoms with Gasteiger partial charge in [-0.05, 0) is 31.2 Å². The molecule has 150 valence electrons. The van der Waals surface area contributed by atoms with E-state index in [9.17, 15) is 14.0 Å². The summed E-state index contributed by atoms with van der Waals surface area (Å²) in [4.78, 5) is 36.8. The van der Waals surface area contributed by atoms with Gasteiger partial charge < -0.3 is 18.9 Å². The lowest BCUT2D eigenvalue weighted by Crippen LogP contribution is -2.50. The normalized spacial score (nSPS) is 14.3. The summed E-state index contributed by atoms with van der Waals surface area (Å²) in [6, 6.07) is 5.97. The Morgan fingerprint density at radius 2 is 1.79 bits per heavy atom. The molecular formula is C20H20FN5O3. The number of halogens is 1. The minimum absolute atomic E-state index is 0.206. The Morgan fingerprint density at radius 3 is 2.48 bits per heavy atom. The molecule has 0 aliphatic carbocycles. The fourth-order valence-corrected chi connectivity index (χ4v) is 3.30. The van der Waals surface area contributed by atoms with Gasteiger partial charge in [-0.3, -0.25) is 9.78 Å². The average molecular weight is 397 g/mol. The Balaban J connectivity index is 1.54. The van der Waals surface area contributed by atoms with Crippen LogP contribution in [-0.4, -0.2) is 69.0 Å². The third-order valence-corrected chi connectivity index (χ3v) is 4.80. The molecule has 0 saturated carbocycles. The number of ether oxygens (including phenoxy) is 1. The summed E-state index contributed by atoms with van der Waals surface area (Å²) in [6.45, 7) is 3.74. The van der Waals surface area contributed by atoms with Crippen LogP contribution in [-0.2, 0) is 4.74 Å². The number of aromatic nitrogens is 3. The van der Waals surface area contributed by atoms with Crippen LogP contribution in [0.1, 0.15) is 17.4 Å². The van der Waals surface area contributed by atoms with Gasteiger partial charge in [-0.15, -0.1) is 0 Å². The van der Waals surface area contributed by atoms with Crippen molar-refractivity contribution < 1.29 is 18.7 Å². The minimum Gasteiger partial charge on any atom is -0.450 e. The van der Waals surface area contributed by atoms with Gasteiger partial charge in [0.15, 0.2) is 5.65 Å². The minimum atomic E-state index is -0.359. The first-order valence-electron chi connectivity index (χ1n) is 9.37. The summed E-state index contributed by atoms with van der Waals surface area (Å²) >= 11 is 0. The number of carbonyl (C=O) groups is 2. The highest BCUT2D eigenvalue weighted by molar-refractivity contribution is 5.93. The Kier molecular flexibility index (Phi) is 5.11. The van der Waals surface area contributed by atoms with Crippen LogP contribution in [0.2, 0.25) is 0 Å². The first kappa shape index (κ1) is 18.9. The molecule has 0 radical (unpaired) electrons. The summed E-state index contributed by atoms with van der Waals surface area (Å²) in [5.74, 6) is -0.538. The maximum atomic E-state index is 13.2. The molecule has 1 fully saturated rings. The molecule has 0 spiro atoms. The number of amides is 2. The van der Waals surface area contributed by atoms with E-state index in [0.29, 0.717) is 55.4 Å². The maximum absolute atomic E-state index is 13.2. The van der Waals surface area contributed by atoms with Crippen LogP contribution in [0.3, 0.4) is 0 Å². The molecule has 0 unspecified atom stereocenters. The number of carbonyl (C=O) groups excluding carboxylic acids is 2. The lowest BCUT2D eigenvalue weighted by atomic mass is 10.1. The Hall–Kier alpha value is -3.49. The van der Waals surface area contributed by atoms with Gasteiger partial charge in [-0.25, -0.2) is 14.2 Å². The quantitative estimate of drug-likeness (QED) is 0.678. The van der Waals surface area contributed by atoms with Crippen molar-refractivity contribution in [2.45, 2.75) is 6.92 Å². The zero-order valence-electron chi connectivity index (χ0n) is 15.9. The Morgan fingerprint density at radius 1 is 1.10 bits per heavy atom. The maximum Gasteiger partial charge on any atom is 0.409 e. The average Bonchev–Trinajstić information content (AvgIpc) is 3.18. The van der Waals surface area contributed by atoms with Gasteiger partial charge in [0.05, 0.1) is 6.61 Å². The molecule has 0 N–H and O–H groups in total. The molecular weight excluding hydrogens is 377 g/mol. The smallest absolute Gasteiger partial charge is 0.409 e. The number of imidazole rings is 1. The first-order chi connectivity index (χ1) is 14.1. The van der Waals surface area contributed by atoms with Gasteiger partial charge in [0.1, 0.15) is 17.2 Å². The molecule has 3 heterocycles. The third-order valence-electron chi connectivity index (χ3n) is 4.80. The summed E-state index contributed by atoms with van der Waals surface area (Å²) in [6.07, 6.45) is 4.62. The van der Waals surface area contributed by atoms with E-state index in [0.717, 1.165) is 0 Å². The van der Waals surface area contributed by atoms with E-state index in [4.69, 9.17) is 4.74 Å². The lowest BCUT2D eigenvalue weighted by molar-refractivity contribution is 0.0566. The lowest BCUT2D eigenvalue weighted by Gasteiger charge is -2.33. The van der Waals surface area contributed by atoms with Crippen LogP contribution in [0.5, 0.6) is 0 Å². The van der Waals surface area contributed by atoms with E-state index >= 15 is 0 Å². The fourth-order valence-electron chi connectivity index (χ4n) is 3.30. The number of hydrogen-bond donors (Lipinski definition) is 0. The number of nitrogens with zero attached hydrogens (tertiary/aromatic N) is 5. The van der Waals surface area contributed by atoms with E-state index < -0.39 is 0 Å². The third kappa shape index (κ3) is 3.75. The van der Waals surface area contributed by atoms with Crippen LogP contribution >= 0.6 is 0 Å². The van der Waals surface area contributed by atoms with Crippen molar-refractivity contribution in [1.82, 2.24) is 24.2 Å². The Bertz CT molecular complexity index is 1040. The van der Waals surface area contributed by atoms with Crippen molar-refractivity contribution in [2.24, 2.45) is 0 Å². The number of benzene rings is 1. The molecule has 2 amide bonds. The fraction of sp³-hybridized carbons (Fsp3) is 0.300. The number of hydrogen-bond acceptors (Lipinski definition) is 5. The molecule has 1 aliphatic heterocycles. The van der Waals surface area contributed by atoms with E-state index in [-0.39, 0.29) is 17.8 Å². The predicted molar refractivity (Wildman–Crippen MR) is 103 cm³/mol. The van der Waals surface area contributed by atoms with Gasteiger partial charge in [0, 0.05) is 50.3 Å². The highest BCUT2D eigenvalue weighted by Gasteiger charge is 2.27. The topological polar surface area (TPSA) is 80.0 Å². The summed E-state index contributed by atoms with van der Waals surface area (Å²) < 4.78 is 20.0. The second-order valence-corrected chi connectivity index (χ2v) is 6.62. The largest absolute Gasteiger partial charge is 0.450 e. The first-order valence-corrected chi connectivity index (χ1v) is 9.37.